The van der Waals surface area contributed by atoms with Crippen molar-refractivity contribution in [3.05, 3.63) is 11.3 Å². The maximum Gasteiger partial charge on any atom is 0.345 e. The van der Waals surface area contributed by atoms with Crippen LogP contribution in [0.15, 0.2) is 11.3 Å². The Morgan fingerprint density at radius 2 is 2.14 bits per heavy atom. The van der Waals surface area contributed by atoms with Crippen molar-refractivity contribution in [1.29, 1.82) is 0 Å². The number of cyclic esters (lactones) is 1. The summed E-state index contributed by atoms with van der Waals surface area (Å²) in [6, 6.07) is 0. The van der Waals surface area contributed by atoms with Crippen LogP contribution in [0.3, 0.4) is 0 Å². The number of hydrogen-bond acceptors (Lipinski definition) is 4. The molecular weight excluding hydrogens is 184 g/mol. The topological polar surface area (TPSA) is 63.6 Å². The zero-order valence-electron chi connectivity index (χ0n) is 8.21. The van der Waals surface area contributed by atoms with Gasteiger partial charge in [-0.15, -0.1) is 0 Å². The Kier molecular flexibility index (Phi) is 3.68. The van der Waals surface area contributed by atoms with Crippen LogP contribution in [-0.4, -0.2) is 23.5 Å². The molecule has 0 aromatic rings. The molecule has 14 heavy (non-hydrogen) atoms. The molecule has 0 saturated carbocycles. The summed E-state index contributed by atoms with van der Waals surface area (Å²) in [5, 5.41) is 9.47. The van der Waals surface area contributed by atoms with Gasteiger partial charge in [0.1, 0.15) is 11.3 Å². The van der Waals surface area contributed by atoms with Crippen LogP contribution in [0, 0.1) is 0 Å². The van der Waals surface area contributed by atoms with Gasteiger partial charge >= 0.3 is 5.97 Å². The fourth-order valence-corrected chi connectivity index (χ4v) is 1.34. The molecule has 0 aromatic carbocycles. The van der Waals surface area contributed by atoms with Crippen molar-refractivity contribution in [1.82, 2.24) is 0 Å². The number of ether oxygens (including phenoxy) is 1. The fraction of sp³-hybridized carbons (Fsp3) is 0.600. The van der Waals surface area contributed by atoms with Crippen molar-refractivity contribution in [2.75, 3.05) is 6.61 Å². The summed E-state index contributed by atoms with van der Waals surface area (Å²) < 4.78 is 4.50. The monoisotopic (exact) mass is 198 g/mol. The van der Waals surface area contributed by atoms with E-state index in [-0.39, 0.29) is 17.9 Å². The van der Waals surface area contributed by atoms with E-state index in [4.69, 9.17) is 0 Å². The molecule has 4 nitrogen and oxygen atoms in total. The van der Waals surface area contributed by atoms with Gasteiger partial charge in [-0.1, -0.05) is 19.8 Å². The Morgan fingerprint density at radius 3 is 2.64 bits per heavy atom. The minimum Gasteiger partial charge on any atom is -0.511 e. The summed E-state index contributed by atoms with van der Waals surface area (Å²) in [6.45, 7) is 1.81. The van der Waals surface area contributed by atoms with Crippen LogP contribution in [0.2, 0.25) is 0 Å². The number of carbonyl (C=O) groups excluding carboxylic acids is 2. The number of ketones is 1. The lowest BCUT2D eigenvalue weighted by atomic mass is 10.1. The number of rotatable bonds is 4. The number of aliphatic hydroxyl groups is 1. The third-order valence-corrected chi connectivity index (χ3v) is 2.12. The highest BCUT2D eigenvalue weighted by Crippen LogP contribution is 2.17. The predicted molar refractivity (Wildman–Crippen MR) is 49.8 cm³/mol. The van der Waals surface area contributed by atoms with E-state index < -0.39 is 11.8 Å². The maximum atomic E-state index is 11.1. The van der Waals surface area contributed by atoms with Crippen LogP contribution in [0.25, 0.3) is 0 Å². The second kappa shape index (κ2) is 4.79. The average molecular weight is 198 g/mol. The molecule has 1 saturated heterocycles. The van der Waals surface area contributed by atoms with Crippen LogP contribution in [-0.2, 0) is 14.3 Å². The molecule has 0 aliphatic carbocycles. The zero-order chi connectivity index (χ0) is 10.6. The second-order valence-corrected chi connectivity index (χ2v) is 3.28. The predicted octanol–water partition coefficient (Wildman–Crippen LogP) is 1.50. The van der Waals surface area contributed by atoms with E-state index in [1.165, 1.54) is 0 Å². The van der Waals surface area contributed by atoms with Crippen LogP contribution < -0.4 is 0 Å². The largest absolute Gasteiger partial charge is 0.511 e. The average Bonchev–Trinajstić information content (AvgIpc) is 2.46. The van der Waals surface area contributed by atoms with Crippen molar-refractivity contribution in [2.24, 2.45) is 0 Å². The van der Waals surface area contributed by atoms with Crippen molar-refractivity contribution >= 4 is 11.8 Å². The Labute approximate surface area is 82.6 Å². The minimum absolute atomic E-state index is 0.119. The normalized spacial score (nSPS) is 19.8. The lowest BCUT2D eigenvalue weighted by molar-refractivity contribution is -0.135. The molecule has 1 rings (SSSR count). The molecule has 0 bridgehead atoms. The summed E-state index contributed by atoms with van der Waals surface area (Å²) in [4.78, 5) is 22.1. The first-order valence-corrected chi connectivity index (χ1v) is 4.79. The molecular formula is C10H14O4. The van der Waals surface area contributed by atoms with E-state index in [0.29, 0.717) is 6.42 Å². The number of allylic oxidation sites excluding steroid dienone is 1. The van der Waals surface area contributed by atoms with E-state index in [1.54, 1.807) is 0 Å². The summed E-state index contributed by atoms with van der Waals surface area (Å²) in [6.07, 6.45) is 3.16. The van der Waals surface area contributed by atoms with Crippen LogP contribution >= 0.6 is 0 Å². The van der Waals surface area contributed by atoms with Crippen molar-refractivity contribution in [2.45, 2.75) is 32.6 Å². The van der Waals surface area contributed by atoms with Crippen LogP contribution in [0.4, 0.5) is 0 Å². The summed E-state index contributed by atoms with van der Waals surface area (Å²) in [7, 11) is 0. The van der Waals surface area contributed by atoms with E-state index in [9.17, 15) is 14.7 Å². The number of Topliss-reactive ketones (excluding diaryl/α,β-unsaturated/α-hetero) is 1. The lowest BCUT2D eigenvalue weighted by Gasteiger charge is -2.00. The summed E-state index contributed by atoms with van der Waals surface area (Å²) >= 11 is 0. The Morgan fingerprint density at radius 1 is 1.43 bits per heavy atom. The molecule has 78 valence electrons. The molecule has 1 aliphatic rings. The van der Waals surface area contributed by atoms with Gasteiger partial charge in [0, 0.05) is 6.42 Å². The van der Waals surface area contributed by atoms with E-state index in [2.05, 4.69) is 4.74 Å². The van der Waals surface area contributed by atoms with Gasteiger partial charge in [-0.3, -0.25) is 4.79 Å². The Bertz CT molecular complexity index is 260. The van der Waals surface area contributed by atoms with E-state index >= 15 is 0 Å². The van der Waals surface area contributed by atoms with Gasteiger partial charge in [-0.05, 0) is 6.42 Å². The molecule has 4 heteroatoms. The van der Waals surface area contributed by atoms with Crippen molar-refractivity contribution in [3.63, 3.8) is 0 Å². The molecule has 1 aliphatic heterocycles. The summed E-state index contributed by atoms with van der Waals surface area (Å²) in [5.74, 6) is -1.22. The SMILES string of the molecule is CCCCC/C(O)=C1/C(=O)COC1=O. The highest BCUT2D eigenvalue weighted by atomic mass is 16.5. The number of unbranched alkanes of at least 4 members (excludes halogenated alkanes) is 2. The molecule has 0 amide bonds. The molecule has 0 spiro atoms. The maximum absolute atomic E-state index is 11.1. The molecule has 0 atom stereocenters. The van der Waals surface area contributed by atoms with E-state index in [1.807, 2.05) is 6.92 Å². The number of carbonyl (C=O) groups is 2. The van der Waals surface area contributed by atoms with Crippen LogP contribution in [0.5, 0.6) is 0 Å². The van der Waals surface area contributed by atoms with Gasteiger partial charge in [-0.25, -0.2) is 4.79 Å². The van der Waals surface area contributed by atoms with Gasteiger partial charge in [-0.2, -0.15) is 0 Å². The number of hydrogen-bond donors (Lipinski definition) is 1. The molecule has 1 heterocycles. The highest BCUT2D eigenvalue weighted by molar-refractivity contribution is 6.22. The minimum atomic E-state index is -0.691. The fourth-order valence-electron chi connectivity index (χ4n) is 1.34. The standard InChI is InChI=1S/C10H14O4/c1-2-3-4-5-7(11)9-8(12)6-14-10(9)13/h11H,2-6H2,1H3/b9-7+. The first kappa shape index (κ1) is 10.8. The Balaban J connectivity index is 2.62. The molecule has 0 radical (unpaired) electrons. The lowest BCUT2D eigenvalue weighted by Crippen LogP contribution is -2.05. The van der Waals surface area contributed by atoms with Crippen molar-refractivity contribution < 1.29 is 19.4 Å². The highest BCUT2D eigenvalue weighted by Gasteiger charge is 2.31. The molecule has 1 N–H and O–H groups in total. The van der Waals surface area contributed by atoms with Gasteiger partial charge in [0.05, 0.1) is 0 Å². The Hall–Kier alpha value is -1.32. The second-order valence-electron chi connectivity index (χ2n) is 3.28. The van der Waals surface area contributed by atoms with Gasteiger partial charge in [0.15, 0.2) is 6.61 Å². The molecule has 0 unspecified atom stereocenters. The first-order chi connectivity index (χ1) is 6.66. The third-order valence-electron chi connectivity index (χ3n) is 2.12. The quantitative estimate of drug-likeness (QED) is 0.244. The first-order valence-electron chi connectivity index (χ1n) is 4.79. The number of aliphatic hydroxyl groups excluding tert-OH is 1. The van der Waals surface area contributed by atoms with Crippen molar-refractivity contribution in [3.8, 4) is 0 Å². The molecule has 0 aromatic heterocycles. The van der Waals surface area contributed by atoms with E-state index in [0.717, 1.165) is 19.3 Å². The summed E-state index contributed by atoms with van der Waals surface area (Å²) in [5.41, 5.74) is -0.152. The van der Waals surface area contributed by atoms with Gasteiger partial charge in [0.25, 0.3) is 0 Å². The van der Waals surface area contributed by atoms with Gasteiger partial charge in [0.2, 0.25) is 5.78 Å². The zero-order valence-corrected chi connectivity index (χ0v) is 8.21. The molecule has 1 fully saturated rings. The third kappa shape index (κ3) is 2.34. The van der Waals surface area contributed by atoms with Gasteiger partial charge < -0.3 is 9.84 Å². The number of esters is 1. The van der Waals surface area contributed by atoms with Crippen LogP contribution in [0.1, 0.15) is 32.6 Å². The smallest absolute Gasteiger partial charge is 0.345 e.